The minimum Gasteiger partial charge on any atom is -0.496 e. The SMILES string of the molecule is COc1c(C)cc(-c2cccc(C3(C)CC(=O)N(C)C(N)=N3)c2)cc1C. The summed E-state index contributed by atoms with van der Waals surface area (Å²) in [4.78, 5) is 18.3. The second-order valence-corrected chi connectivity index (χ2v) is 7.10. The van der Waals surface area contributed by atoms with E-state index in [0.717, 1.165) is 33.6 Å². The molecule has 3 rings (SSSR count). The highest BCUT2D eigenvalue weighted by molar-refractivity contribution is 5.98. The van der Waals surface area contributed by atoms with Crippen molar-refractivity contribution >= 4 is 11.9 Å². The van der Waals surface area contributed by atoms with E-state index in [1.54, 1.807) is 14.2 Å². The van der Waals surface area contributed by atoms with Gasteiger partial charge in [-0.25, -0.2) is 4.99 Å². The van der Waals surface area contributed by atoms with Gasteiger partial charge in [-0.1, -0.05) is 18.2 Å². The summed E-state index contributed by atoms with van der Waals surface area (Å²) in [5, 5.41) is 0. The van der Waals surface area contributed by atoms with E-state index in [1.807, 2.05) is 32.9 Å². The van der Waals surface area contributed by atoms with E-state index in [9.17, 15) is 4.79 Å². The van der Waals surface area contributed by atoms with Crippen molar-refractivity contribution in [2.75, 3.05) is 14.2 Å². The minimum atomic E-state index is -0.653. The van der Waals surface area contributed by atoms with E-state index < -0.39 is 5.54 Å². The van der Waals surface area contributed by atoms with Gasteiger partial charge in [0.15, 0.2) is 5.96 Å². The number of ether oxygens (including phenoxy) is 1. The maximum atomic E-state index is 12.3. The first-order chi connectivity index (χ1) is 12.2. The van der Waals surface area contributed by atoms with Crippen LogP contribution < -0.4 is 10.5 Å². The molecule has 0 saturated carbocycles. The van der Waals surface area contributed by atoms with Crippen molar-refractivity contribution in [1.29, 1.82) is 0 Å². The summed E-state index contributed by atoms with van der Waals surface area (Å²) < 4.78 is 5.46. The largest absolute Gasteiger partial charge is 0.496 e. The van der Waals surface area contributed by atoms with E-state index in [2.05, 4.69) is 29.3 Å². The zero-order valence-electron chi connectivity index (χ0n) is 16.0. The normalized spacial score (nSPS) is 20.1. The lowest BCUT2D eigenvalue weighted by Crippen LogP contribution is -2.47. The Morgan fingerprint density at radius 3 is 2.38 bits per heavy atom. The Hall–Kier alpha value is -2.82. The van der Waals surface area contributed by atoms with Gasteiger partial charge in [0.05, 0.1) is 19.1 Å². The van der Waals surface area contributed by atoms with E-state index in [-0.39, 0.29) is 11.9 Å². The van der Waals surface area contributed by atoms with Crippen molar-refractivity contribution in [3.05, 3.63) is 53.1 Å². The van der Waals surface area contributed by atoms with E-state index in [0.29, 0.717) is 6.42 Å². The number of hydrogen-bond donors (Lipinski definition) is 1. The summed E-state index contributed by atoms with van der Waals surface area (Å²) in [5.41, 5.74) is 10.6. The molecular weight excluding hydrogens is 326 g/mol. The van der Waals surface area contributed by atoms with Crippen molar-refractivity contribution in [3.8, 4) is 16.9 Å². The van der Waals surface area contributed by atoms with E-state index in [1.165, 1.54) is 4.90 Å². The van der Waals surface area contributed by atoms with Gasteiger partial charge >= 0.3 is 0 Å². The third-order valence-corrected chi connectivity index (χ3v) is 5.06. The predicted molar refractivity (Wildman–Crippen MR) is 104 cm³/mol. The first-order valence-corrected chi connectivity index (χ1v) is 8.63. The number of carbonyl (C=O) groups excluding carboxylic acids is 1. The average Bonchev–Trinajstić information content (AvgIpc) is 2.59. The first kappa shape index (κ1) is 18.0. The standard InChI is InChI=1S/C21H25N3O2/c1-13-9-16(10-14(2)19(13)26-5)15-7-6-8-17(11-15)21(3)12-18(25)24(4)20(22)23-21/h6-11H,12H2,1-5H3,(H2,22,23). The third-order valence-electron chi connectivity index (χ3n) is 5.06. The van der Waals surface area contributed by atoms with Gasteiger partial charge in [0.2, 0.25) is 5.91 Å². The Labute approximate surface area is 154 Å². The molecule has 26 heavy (non-hydrogen) atoms. The van der Waals surface area contributed by atoms with Gasteiger partial charge in [0.25, 0.3) is 0 Å². The lowest BCUT2D eigenvalue weighted by atomic mass is 9.85. The summed E-state index contributed by atoms with van der Waals surface area (Å²) in [6.45, 7) is 6.04. The number of methoxy groups -OCH3 is 1. The Morgan fingerprint density at radius 1 is 1.15 bits per heavy atom. The molecule has 1 atom stereocenters. The predicted octanol–water partition coefficient (Wildman–Crippen LogP) is 3.37. The summed E-state index contributed by atoms with van der Waals surface area (Å²) in [6, 6.07) is 12.4. The molecule has 0 fully saturated rings. The fraction of sp³-hybridized carbons (Fsp3) is 0.333. The van der Waals surface area contributed by atoms with Gasteiger partial charge in [-0.15, -0.1) is 0 Å². The van der Waals surface area contributed by atoms with Crippen LogP contribution in [0.4, 0.5) is 0 Å². The molecule has 1 aliphatic heterocycles. The Morgan fingerprint density at radius 2 is 1.81 bits per heavy atom. The van der Waals surface area contributed by atoms with Crippen LogP contribution in [-0.2, 0) is 10.3 Å². The van der Waals surface area contributed by atoms with Crippen molar-refractivity contribution in [2.45, 2.75) is 32.7 Å². The van der Waals surface area contributed by atoms with Crippen molar-refractivity contribution in [1.82, 2.24) is 4.90 Å². The average molecular weight is 351 g/mol. The second kappa shape index (κ2) is 6.48. The number of benzene rings is 2. The number of aryl methyl sites for hydroxylation is 2. The van der Waals surface area contributed by atoms with Gasteiger partial charge in [0.1, 0.15) is 5.75 Å². The lowest BCUT2D eigenvalue weighted by molar-refractivity contribution is -0.128. The van der Waals surface area contributed by atoms with E-state index >= 15 is 0 Å². The van der Waals surface area contributed by atoms with Gasteiger partial charge < -0.3 is 10.5 Å². The van der Waals surface area contributed by atoms with Crippen molar-refractivity contribution in [2.24, 2.45) is 10.7 Å². The quantitative estimate of drug-likeness (QED) is 0.922. The molecule has 0 aliphatic carbocycles. The molecule has 1 aliphatic rings. The molecule has 2 aromatic carbocycles. The van der Waals surface area contributed by atoms with Gasteiger partial charge in [-0.05, 0) is 66.8 Å². The number of nitrogens with two attached hydrogens (primary N) is 1. The Balaban J connectivity index is 2.06. The van der Waals surface area contributed by atoms with Gasteiger partial charge in [0, 0.05) is 7.05 Å². The molecule has 5 heteroatoms. The summed E-state index contributed by atoms with van der Waals surface area (Å²) in [5.74, 6) is 1.14. The summed E-state index contributed by atoms with van der Waals surface area (Å²) >= 11 is 0. The van der Waals surface area contributed by atoms with Crippen molar-refractivity contribution < 1.29 is 9.53 Å². The lowest BCUT2D eigenvalue weighted by Gasteiger charge is -2.33. The second-order valence-electron chi connectivity index (χ2n) is 7.10. The zero-order valence-corrected chi connectivity index (χ0v) is 16.0. The van der Waals surface area contributed by atoms with Crippen LogP contribution in [0.1, 0.15) is 30.0 Å². The molecule has 1 heterocycles. The molecule has 0 spiro atoms. The smallest absolute Gasteiger partial charge is 0.231 e. The number of guanidine groups is 1. The van der Waals surface area contributed by atoms with Crippen LogP contribution in [0.2, 0.25) is 0 Å². The molecule has 0 bridgehead atoms. The van der Waals surface area contributed by atoms with Crippen LogP contribution in [0.15, 0.2) is 41.4 Å². The molecule has 0 saturated heterocycles. The molecule has 0 aromatic heterocycles. The van der Waals surface area contributed by atoms with Crippen LogP contribution in [0, 0.1) is 13.8 Å². The fourth-order valence-electron chi connectivity index (χ4n) is 3.55. The van der Waals surface area contributed by atoms with Crippen LogP contribution >= 0.6 is 0 Å². The number of nitrogens with zero attached hydrogens (tertiary/aromatic N) is 2. The molecular formula is C21H25N3O2. The number of amides is 1. The highest BCUT2D eigenvalue weighted by Gasteiger charge is 2.36. The van der Waals surface area contributed by atoms with E-state index in [4.69, 9.17) is 10.5 Å². The summed E-state index contributed by atoms with van der Waals surface area (Å²) in [6.07, 6.45) is 0.300. The van der Waals surface area contributed by atoms with Crippen LogP contribution in [0.25, 0.3) is 11.1 Å². The van der Waals surface area contributed by atoms with Crippen LogP contribution in [0.3, 0.4) is 0 Å². The third kappa shape index (κ3) is 3.05. The maximum Gasteiger partial charge on any atom is 0.231 e. The topological polar surface area (TPSA) is 67.9 Å². The maximum absolute atomic E-state index is 12.3. The number of hydrogen-bond acceptors (Lipinski definition) is 4. The minimum absolute atomic E-state index is 0.0264. The highest BCUT2D eigenvalue weighted by Crippen LogP contribution is 2.36. The number of aliphatic imine (C=N–C) groups is 1. The molecule has 1 unspecified atom stereocenters. The zero-order chi connectivity index (χ0) is 19.1. The van der Waals surface area contributed by atoms with Crippen LogP contribution in [0.5, 0.6) is 5.75 Å². The summed E-state index contributed by atoms with van der Waals surface area (Å²) in [7, 11) is 3.34. The molecule has 2 aromatic rings. The Kier molecular flexibility index (Phi) is 4.48. The molecule has 5 nitrogen and oxygen atoms in total. The van der Waals surface area contributed by atoms with Crippen LogP contribution in [-0.4, -0.2) is 30.9 Å². The molecule has 136 valence electrons. The molecule has 2 N–H and O–H groups in total. The van der Waals surface area contributed by atoms with Crippen molar-refractivity contribution in [3.63, 3.8) is 0 Å². The molecule has 0 radical (unpaired) electrons. The van der Waals surface area contributed by atoms with Gasteiger partial charge in [-0.2, -0.15) is 0 Å². The monoisotopic (exact) mass is 351 g/mol. The molecule has 1 amide bonds. The highest BCUT2D eigenvalue weighted by atomic mass is 16.5. The first-order valence-electron chi connectivity index (χ1n) is 8.63. The number of carbonyl (C=O) groups is 1. The Bertz CT molecular complexity index is 881. The van der Waals surface area contributed by atoms with Gasteiger partial charge in [-0.3, -0.25) is 9.69 Å². The fourth-order valence-corrected chi connectivity index (χ4v) is 3.55. The number of rotatable bonds is 3.